The van der Waals surface area contributed by atoms with Crippen LogP contribution in [0.1, 0.15) is 61.0 Å². The summed E-state index contributed by atoms with van der Waals surface area (Å²) in [5.74, 6) is -1.33. The number of carbonyl (C=O) groups is 4. The summed E-state index contributed by atoms with van der Waals surface area (Å²) in [4.78, 5) is 75.5. The van der Waals surface area contributed by atoms with Crippen LogP contribution in [0.2, 0.25) is 10.0 Å². The number of aryl methyl sites for hydroxylation is 2. The van der Waals surface area contributed by atoms with Crippen molar-refractivity contribution in [2.75, 3.05) is 69.9 Å². The van der Waals surface area contributed by atoms with Crippen molar-refractivity contribution in [3.8, 4) is 11.5 Å². The number of carbonyl (C=O) groups excluding carboxylic acids is 3. The molecule has 1 aliphatic rings. The van der Waals surface area contributed by atoms with Crippen LogP contribution in [0.3, 0.4) is 0 Å². The zero-order valence-corrected chi connectivity index (χ0v) is 45.8. The van der Waals surface area contributed by atoms with Gasteiger partial charge in [-0.15, -0.1) is 11.6 Å². The minimum Gasteiger partial charge on any atom is -0.778 e. The van der Waals surface area contributed by atoms with E-state index in [4.69, 9.17) is 86.6 Å². The van der Waals surface area contributed by atoms with Gasteiger partial charge in [0.15, 0.2) is 4.84 Å². The maximum absolute atomic E-state index is 12.0. The standard InChI is InChI=1S/C14H9Cl2NO5.C14H20ClNO2.C11H13Cl2NO3.C3H8NO5P.C3H9S/c1-21-14(18)10-7-9(3-4-12(10)17(19)20)22-13-5-2-8(15)6-11(13)16;1-4-11-7-6-8-12(5-2)14(11)16(10-18-3)13(17)9-15;1-11(2)14(10(15)9(12)13)6-8(17-11)7-4-3-5-16-7;5-3(6)1-4-2-10(7,8)9;1-4(2)3/h2-7H,1H3;6-8H,4-5,9-10H2,1-3H3;3-5,8-9H,6H2,1-2H3;4H,1-2H2,(H,5,6)(H2,7,8,9);1-3H3/q;;;;+1/p-1. The Bertz CT molecular complexity index is 2370. The molecule has 2 atom stereocenters. The van der Waals surface area contributed by atoms with E-state index in [1.165, 1.54) is 23.1 Å². The van der Waals surface area contributed by atoms with Crippen molar-refractivity contribution in [3.05, 3.63) is 116 Å². The van der Waals surface area contributed by atoms with Crippen molar-refractivity contribution in [2.45, 2.75) is 57.2 Å². The number of nitro groups is 1. The lowest BCUT2D eigenvalue weighted by Crippen LogP contribution is -2.45. The molecule has 1 aliphatic heterocycles. The number of furan rings is 1. The summed E-state index contributed by atoms with van der Waals surface area (Å²) in [7, 11) is -0.995. The van der Waals surface area contributed by atoms with Gasteiger partial charge in [-0.05, 0) is 85.1 Å². The van der Waals surface area contributed by atoms with Crippen molar-refractivity contribution in [1.29, 1.82) is 0 Å². The molecule has 2 unspecified atom stereocenters. The zero-order valence-electron chi connectivity index (χ0n) is 40.3. The molecule has 1 aromatic heterocycles. The number of alkyl halides is 3. The summed E-state index contributed by atoms with van der Waals surface area (Å²) < 4.78 is 36.2. The number of esters is 1. The minimum atomic E-state index is -4.35. The molecule has 394 valence electrons. The molecule has 0 saturated carbocycles. The summed E-state index contributed by atoms with van der Waals surface area (Å²) in [6.07, 6.45) is 8.91. The van der Waals surface area contributed by atoms with E-state index in [9.17, 15) is 38.8 Å². The third kappa shape index (κ3) is 23.1. The van der Waals surface area contributed by atoms with Gasteiger partial charge in [0.2, 0.25) is 5.91 Å². The number of nitrogens with zero attached hydrogens (tertiary/aromatic N) is 3. The monoisotopic (exact) mass is 1130 g/mol. The second-order valence-corrected chi connectivity index (χ2v) is 21.5. The fourth-order valence-corrected chi connectivity index (χ4v) is 7.18. The minimum absolute atomic E-state index is 0.0371. The number of carboxylic acids is 1. The number of hydrogen-bond donors (Lipinski definition) is 3. The zero-order chi connectivity index (χ0) is 54.2. The van der Waals surface area contributed by atoms with Crippen LogP contribution < -0.4 is 19.8 Å². The third-order valence-electron chi connectivity index (χ3n) is 8.93. The Hall–Kier alpha value is -4.15. The average Bonchev–Trinajstić information content (AvgIpc) is 3.95. The maximum Gasteiger partial charge on any atom is 0.345 e. The number of halogens is 5. The molecule has 0 spiro atoms. The Kier molecular flexibility index (Phi) is 29.3. The van der Waals surface area contributed by atoms with Crippen molar-refractivity contribution in [3.63, 3.8) is 0 Å². The first-order chi connectivity index (χ1) is 33.2. The van der Waals surface area contributed by atoms with Crippen LogP contribution in [-0.2, 0) is 56.9 Å². The van der Waals surface area contributed by atoms with E-state index in [-0.39, 0.29) is 52.6 Å². The average molecular weight is 1140 g/mol. The molecule has 3 N–H and O–H groups in total. The summed E-state index contributed by atoms with van der Waals surface area (Å²) in [6.45, 7) is 7.88. The first kappa shape index (κ1) is 64.9. The number of aliphatic carboxylic acids is 1. The van der Waals surface area contributed by atoms with E-state index < -0.39 is 47.8 Å². The van der Waals surface area contributed by atoms with Gasteiger partial charge in [-0.1, -0.05) is 78.5 Å². The molecular weight excluding hydrogens is 1080 g/mol. The van der Waals surface area contributed by atoms with Gasteiger partial charge in [0, 0.05) is 24.3 Å². The summed E-state index contributed by atoms with van der Waals surface area (Å²) in [5.41, 5.74) is 1.91. The number of nitrogens with one attached hydrogen (secondary N) is 1. The van der Waals surface area contributed by atoms with Gasteiger partial charge in [-0.3, -0.25) is 34.7 Å². The molecule has 1 saturated heterocycles. The summed E-state index contributed by atoms with van der Waals surface area (Å²) >= 11 is 28.6. The number of amides is 2. The Morgan fingerprint density at radius 2 is 1.62 bits per heavy atom. The van der Waals surface area contributed by atoms with E-state index >= 15 is 0 Å². The largest absolute Gasteiger partial charge is 0.778 e. The number of anilines is 1. The van der Waals surface area contributed by atoms with E-state index in [2.05, 4.69) is 37.4 Å². The molecule has 0 aliphatic carbocycles. The SMILES string of the molecule is CC1(C)OC(c2ccco2)CN1C(=O)C(Cl)Cl.CCc1cccc(CC)c1N(COC)C(=O)CCl.COC(=O)c1cc(Oc2ccc(Cl)cc2Cl)ccc1[N+](=O)[O-].C[S+](C)C.O=C(O)CNCP(=O)([O-])O. The normalized spacial score (nSPS) is 14.2. The molecule has 2 amide bonds. The predicted octanol–water partition coefficient (Wildman–Crippen LogP) is 8.84. The first-order valence-corrected chi connectivity index (χ1v) is 27.3. The molecule has 3 aromatic carbocycles. The fourth-order valence-electron chi connectivity index (χ4n) is 5.96. The van der Waals surface area contributed by atoms with Crippen molar-refractivity contribution >= 4 is 112 Å². The van der Waals surface area contributed by atoms with Gasteiger partial charge in [0.05, 0.1) is 67.1 Å². The van der Waals surface area contributed by atoms with E-state index in [0.717, 1.165) is 42.8 Å². The van der Waals surface area contributed by atoms with Crippen LogP contribution in [0, 0.1) is 10.1 Å². The Morgan fingerprint density at radius 1 is 1.01 bits per heavy atom. The molecular formula is C45H58Cl5N4O15PS. The number of para-hydroxylation sites is 1. The lowest BCUT2D eigenvalue weighted by Gasteiger charge is -2.29. The Labute approximate surface area is 440 Å². The van der Waals surface area contributed by atoms with E-state index in [1.54, 1.807) is 50.3 Å². The number of hydrogen-bond acceptors (Lipinski definition) is 14. The van der Waals surface area contributed by atoms with Crippen LogP contribution in [0.5, 0.6) is 11.5 Å². The highest BCUT2D eigenvalue weighted by atomic mass is 35.5. The highest BCUT2D eigenvalue weighted by molar-refractivity contribution is 7.94. The van der Waals surface area contributed by atoms with Crippen LogP contribution in [0.4, 0.5) is 11.4 Å². The summed E-state index contributed by atoms with van der Waals surface area (Å²) in [5, 5.41) is 21.6. The Morgan fingerprint density at radius 3 is 2.07 bits per heavy atom. The summed E-state index contributed by atoms with van der Waals surface area (Å²) in [6, 6.07) is 18.0. The molecule has 5 rings (SSSR count). The lowest BCUT2D eigenvalue weighted by molar-refractivity contribution is -0.385. The number of carboxylic acid groups (broad SMARTS) is 1. The highest BCUT2D eigenvalue weighted by Gasteiger charge is 2.45. The molecule has 71 heavy (non-hydrogen) atoms. The molecule has 1 fully saturated rings. The smallest absolute Gasteiger partial charge is 0.345 e. The van der Waals surface area contributed by atoms with Gasteiger partial charge < -0.3 is 47.7 Å². The van der Waals surface area contributed by atoms with Crippen LogP contribution in [0.15, 0.2) is 77.4 Å². The maximum atomic E-state index is 12.0. The number of rotatable bonds is 16. The molecule has 19 nitrogen and oxygen atoms in total. The first-order valence-electron chi connectivity index (χ1n) is 20.9. The van der Waals surface area contributed by atoms with Crippen molar-refractivity contribution in [2.24, 2.45) is 0 Å². The molecule has 0 bridgehead atoms. The number of methoxy groups -OCH3 is 2. The van der Waals surface area contributed by atoms with Gasteiger partial charge in [0.25, 0.3) is 11.6 Å². The van der Waals surface area contributed by atoms with Crippen LogP contribution in [-0.4, -0.2) is 119 Å². The van der Waals surface area contributed by atoms with Crippen molar-refractivity contribution < 1.29 is 66.9 Å². The van der Waals surface area contributed by atoms with Crippen LogP contribution in [0.25, 0.3) is 0 Å². The number of ether oxygens (including phenoxy) is 4. The second-order valence-electron chi connectivity index (χ2n) is 15.3. The third-order valence-corrected chi connectivity index (χ3v) is 10.7. The fraction of sp³-hybridized carbons (Fsp3) is 0.422. The van der Waals surface area contributed by atoms with Crippen molar-refractivity contribution in [1.82, 2.24) is 10.2 Å². The molecule has 2 heterocycles. The predicted molar refractivity (Wildman–Crippen MR) is 276 cm³/mol. The van der Waals surface area contributed by atoms with Gasteiger partial charge in [0.1, 0.15) is 54.9 Å². The quantitative estimate of drug-likeness (QED) is 0.0180. The van der Waals surface area contributed by atoms with Gasteiger partial charge in [-0.2, -0.15) is 0 Å². The number of benzene rings is 3. The van der Waals surface area contributed by atoms with Crippen LogP contribution >= 0.6 is 65.6 Å². The van der Waals surface area contributed by atoms with E-state index in [0.29, 0.717) is 34.0 Å². The van der Waals surface area contributed by atoms with E-state index in [1.807, 2.05) is 29.6 Å². The topological polar surface area (TPSA) is 261 Å². The number of nitro benzene ring substituents is 1. The Balaban J connectivity index is 0.000000474. The molecule has 26 heteroatoms. The van der Waals surface area contributed by atoms with Gasteiger partial charge >= 0.3 is 11.9 Å². The molecule has 0 radical (unpaired) electrons. The lowest BCUT2D eigenvalue weighted by atomic mass is 10.0. The highest BCUT2D eigenvalue weighted by Crippen LogP contribution is 2.37. The molecule has 4 aromatic rings. The second kappa shape index (κ2) is 32.1. The van der Waals surface area contributed by atoms with Gasteiger partial charge in [-0.25, -0.2) is 4.79 Å².